The van der Waals surface area contributed by atoms with E-state index in [-0.39, 0.29) is 12.6 Å². The van der Waals surface area contributed by atoms with Crippen molar-refractivity contribution in [2.45, 2.75) is 24.9 Å². The van der Waals surface area contributed by atoms with Gasteiger partial charge >= 0.3 is 0 Å². The van der Waals surface area contributed by atoms with Crippen molar-refractivity contribution < 1.29 is 5.11 Å². The Morgan fingerprint density at radius 3 is 2.81 bits per heavy atom. The van der Waals surface area contributed by atoms with Gasteiger partial charge in [0, 0.05) is 12.6 Å². The first-order valence-electron chi connectivity index (χ1n) is 6.02. The van der Waals surface area contributed by atoms with E-state index in [1.54, 1.807) is 0 Å². The first kappa shape index (κ1) is 11.6. The molecule has 1 heterocycles. The molecule has 0 radical (unpaired) electrons. The SMILES string of the molecule is OC[C@@H](NC1CCCNC1)c1ccccc1. The first-order chi connectivity index (χ1) is 7.90. The largest absolute Gasteiger partial charge is 0.394 e. The van der Waals surface area contributed by atoms with Crippen LogP contribution in [0, 0.1) is 0 Å². The molecule has 16 heavy (non-hydrogen) atoms. The minimum absolute atomic E-state index is 0.0612. The quantitative estimate of drug-likeness (QED) is 0.711. The maximum absolute atomic E-state index is 9.43. The van der Waals surface area contributed by atoms with Gasteiger partial charge in [-0.3, -0.25) is 0 Å². The summed E-state index contributed by atoms with van der Waals surface area (Å²) in [5.74, 6) is 0. The number of hydrogen-bond acceptors (Lipinski definition) is 3. The van der Waals surface area contributed by atoms with Crippen LogP contribution in [-0.4, -0.2) is 30.8 Å². The van der Waals surface area contributed by atoms with E-state index in [4.69, 9.17) is 0 Å². The highest BCUT2D eigenvalue weighted by molar-refractivity contribution is 5.19. The van der Waals surface area contributed by atoms with Crippen molar-refractivity contribution in [3.05, 3.63) is 35.9 Å². The predicted molar refractivity (Wildman–Crippen MR) is 65.3 cm³/mol. The molecule has 1 saturated heterocycles. The molecular weight excluding hydrogens is 200 g/mol. The molecule has 1 unspecified atom stereocenters. The van der Waals surface area contributed by atoms with Crippen LogP contribution >= 0.6 is 0 Å². The Hall–Kier alpha value is -0.900. The number of nitrogens with one attached hydrogen (secondary N) is 2. The van der Waals surface area contributed by atoms with E-state index in [0.717, 1.165) is 18.7 Å². The van der Waals surface area contributed by atoms with E-state index in [0.29, 0.717) is 6.04 Å². The van der Waals surface area contributed by atoms with Crippen molar-refractivity contribution in [2.24, 2.45) is 0 Å². The van der Waals surface area contributed by atoms with Crippen LogP contribution in [0.3, 0.4) is 0 Å². The van der Waals surface area contributed by atoms with Crippen molar-refractivity contribution in [1.82, 2.24) is 10.6 Å². The number of hydrogen-bond donors (Lipinski definition) is 3. The Kier molecular flexibility index (Phi) is 4.34. The third kappa shape index (κ3) is 3.04. The normalized spacial score (nSPS) is 22.9. The maximum atomic E-state index is 9.43. The van der Waals surface area contributed by atoms with E-state index in [1.807, 2.05) is 18.2 Å². The molecule has 0 aromatic heterocycles. The number of aliphatic hydroxyl groups is 1. The zero-order chi connectivity index (χ0) is 11.2. The van der Waals surface area contributed by atoms with Crippen LogP contribution in [0.4, 0.5) is 0 Å². The highest BCUT2D eigenvalue weighted by Crippen LogP contribution is 2.14. The number of aliphatic hydroxyl groups excluding tert-OH is 1. The summed E-state index contributed by atoms with van der Waals surface area (Å²) < 4.78 is 0. The van der Waals surface area contributed by atoms with Crippen molar-refractivity contribution in [3.8, 4) is 0 Å². The Morgan fingerprint density at radius 1 is 1.38 bits per heavy atom. The molecule has 0 saturated carbocycles. The molecule has 0 amide bonds. The summed E-state index contributed by atoms with van der Waals surface area (Å²) in [4.78, 5) is 0. The molecule has 1 aliphatic rings. The molecule has 0 spiro atoms. The fourth-order valence-corrected chi connectivity index (χ4v) is 2.22. The van der Waals surface area contributed by atoms with Crippen LogP contribution in [0.2, 0.25) is 0 Å². The van der Waals surface area contributed by atoms with Gasteiger partial charge in [0.25, 0.3) is 0 Å². The summed E-state index contributed by atoms with van der Waals surface area (Å²) >= 11 is 0. The van der Waals surface area contributed by atoms with Crippen LogP contribution in [0.5, 0.6) is 0 Å². The second kappa shape index (κ2) is 5.99. The molecule has 2 atom stereocenters. The van der Waals surface area contributed by atoms with Gasteiger partial charge in [-0.25, -0.2) is 0 Å². The van der Waals surface area contributed by atoms with Crippen molar-refractivity contribution in [1.29, 1.82) is 0 Å². The monoisotopic (exact) mass is 220 g/mol. The zero-order valence-corrected chi connectivity index (χ0v) is 9.52. The van der Waals surface area contributed by atoms with Gasteiger partial charge in [0.15, 0.2) is 0 Å². The Labute approximate surface area is 96.9 Å². The third-order valence-corrected chi connectivity index (χ3v) is 3.12. The molecule has 3 nitrogen and oxygen atoms in total. The van der Waals surface area contributed by atoms with Crippen LogP contribution in [0.1, 0.15) is 24.4 Å². The average molecular weight is 220 g/mol. The molecule has 1 aromatic rings. The topological polar surface area (TPSA) is 44.3 Å². The summed E-state index contributed by atoms with van der Waals surface area (Å²) in [6.07, 6.45) is 2.40. The number of rotatable bonds is 4. The maximum Gasteiger partial charge on any atom is 0.0626 e. The minimum atomic E-state index is 0.0612. The molecular formula is C13H20N2O. The molecule has 1 aromatic carbocycles. The summed E-state index contributed by atoms with van der Waals surface area (Å²) in [6, 6.07) is 10.7. The van der Waals surface area contributed by atoms with E-state index >= 15 is 0 Å². The molecule has 3 heteroatoms. The van der Waals surface area contributed by atoms with Crippen molar-refractivity contribution >= 4 is 0 Å². The number of benzene rings is 1. The van der Waals surface area contributed by atoms with Crippen molar-refractivity contribution in [3.63, 3.8) is 0 Å². The highest BCUT2D eigenvalue weighted by Gasteiger charge is 2.17. The van der Waals surface area contributed by atoms with Gasteiger partial charge in [-0.1, -0.05) is 30.3 Å². The Morgan fingerprint density at radius 2 is 2.19 bits per heavy atom. The van der Waals surface area contributed by atoms with Crippen LogP contribution in [0.25, 0.3) is 0 Å². The predicted octanol–water partition coefficient (Wildman–Crippen LogP) is 1.06. The standard InChI is InChI=1S/C13H20N2O/c16-10-13(11-5-2-1-3-6-11)15-12-7-4-8-14-9-12/h1-3,5-6,12-16H,4,7-10H2/t12?,13-/m1/s1. The summed E-state index contributed by atoms with van der Waals surface area (Å²) in [5, 5.41) is 16.3. The molecule has 0 aliphatic carbocycles. The van der Waals surface area contributed by atoms with Gasteiger partial charge in [-0.2, -0.15) is 0 Å². The van der Waals surface area contributed by atoms with Gasteiger partial charge in [0.1, 0.15) is 0 Å². The second-order valence-electron chi connectivity index (χ2n) is 4.36. The molecule has 0 bridgehead atoms. The van der Waals surface area contributed by atoms with Gasteiger partial charge in [-0.15, -0.1) is 0 Å². The lowest BCUT2D eigenvalue weighted by Crippen LogP contribution is -2.45. The highest BCUT2D eigenvalue weighted by atomic mass is 16.3. The van der Waals surface area contributed by atoms with E-state index < -0.39 is 0 Å². The Balaban J connectivity index is 1.94. The molecule has 1 aliphatic heterocycles. The zero-order valence-electron chi connectivity index (χ0n) is 9.52. The van der Waals surface area contributed by atoms with E-state index in [9.17, 15) is 5.11 Å². The lowest BCUT2D eigenvalue weighted by atomic mass is 10.0. The molecule has 2 rings (SSSR count). The van der Waals surface area contributed by atoms with Crippen LogP contribution in [-0.2, 0) is 0 Å². The first-order valence-corrected chi connectivity index (χ1v) is 6.02. The summed E-state index contributed by atoms with van der Waals surface area (Å²) in [6.45, 7) is 2.27. The number of piperidine rings is 1. The molecule has 3 N–H and O–H groups in total. The van der Waals surface area contributed by atoms with E-state index in [2.05, 4.69) is 22.8 Å². The summed E-state index contributed by atoms with van der Waals surface area (Å²) in [7, 11) is 0. The second-order valence-corrected chi connectivity index (χ2v) is 4.36. The fraction of sp³-hybridized carbons (Fsp3) is 0.538. The smallest absolute Gasteiger partial charge is 0.0626 e. The summed E-state index contributed by atoms with van der Waals surface area (Å²) in [5.41, 5.74) is 1.16. The lowest BCUT2D eigenvalue weighted by molar-refractivity contribution is 0.223. The van der Waals surface area contributed by atoms with Gasteiger partial charge in [0.2, 0.25) is 0 Å². The third-order valence-electron chi connectivity index (χ3n) is 3.12. The van der Waals surface area contributed by atoms with Crippen LogP contribution in [0.15, 0.2) is 30.3 Å². The minimum Gasteiger partial charge on any atom is -0.394 e. The van der Waals surface area contributed by atoms with E-state index in [1.165, 1.54) is 12.8 Å². The fourth-order valence-electron chi connectivity index (χ4n) is 2.22. The molecule has 88 valence electrons. The lowest BCUT2D eigenvalue weighted by Gasteiger charge is -2.28. The molecule has 1 fully saturated rings. The Bertz CT molecular complexity index is 296. The van der Waals surface area contributed by atoms with Gasteiger partial charge in [0.05, 0.1) is 12.6 Å². The van der Waals surface area contributed by atoms with Gasteiger partial charge in [-0.05, 0) is 24.9 Å². The van der Waals surface area contributed by atoms with Crippen LogP contribution < -0.4 is 10.6 Å². The average Bonchev–Trinajstić information content (AvgIpc) is 2.38. The van der Waals surface area contributed by atoms with Crippen molar-refractivity contribution in [2.75, 3.05) is 19.7 Å². The van der Waals surface area contributed by atoms with Gasteiger partial charge < -0.3 is 15.7 Å².